The number of terminal acetylenes is 1. The Bertz CT molecular complexity index is 799. The van der Waals surface area contributed by atoms with Gasteiger partial charge >= 0.3 is 11.7 Å². The number of hydrogen-bond donors (Lipinski definition) is 2. The van der Waals surface area contributed by atoms with Gasteiger partial charge in [-0.3, -0.25) is 19.1 Å². The fourth-order valence-corrected chi connectivity index (χ4v) is 1.97. The number of nitrogens with two attached hydrogens (primary N) is 1. The molecule has 1 aliphatic heterocycles. The third-order valence-electron chi connectivity index (χ3n) is 3.33. The number of hydrogen-bond acceptors (Lipinski definition) is 6. The highest BCUT2D eigenvalue weighted by molar-refractivity contribution is 5.75. The Labute approximate surface area is 131 Å². The number of esters is 1. The molecule has 1 aromatic heterocycles. The summed E-state index contributed by atoms with van der Waals surface area (Å²) in [5.74, 6) is 1.79. The molecule has 0 spiro atoms. The fourth-order valence-electron chi connectivity index (χ4n) is 1.97. The Kier molecular flexibility index (Phi) is 4.54. The minimum absolute atomic E-state index is 0.228. The van der Waals surface area contributed by atoms with Crippen LogP contribution in [0.3, 0.4) is 0 Å². The second-order valence-electron chi connectivity index (χ2n) is 5.28. The molecule has 0 aliphatic carbocycles. The van der Waals surface area contributed by atoms with Crippen molar-refractivity contribution >= 4 is 5.97 Å². The average molecular weight is 319 g/mol. The number of aryl methyl sites for hydroxylation is 1. The molecule has 3 N–H and O–H groups in total. The lowest BCUT2D eigenvalue weighted by atomic mass is 10.1. The van der Waals surface area contributed by atoms with Crippen LogP contribution in [0.1, 0.15) is 18.7 Å². The highest BCUT2D eigenvalue weighted by Crippen LogP contribution is 2.29. The quantitative estimate of drug-likeness (QED) is 0.426. The van der Waals surface area contributed by atoms with Gasteiger partial charge in [0.05, 0.1) is 0 Å². The van der Waals surface area contributed by atoms with Crippen LogP contribution in [0.4, 0.5) is 0 Å². The Morgan fingerprint density at radius 1 is 1.65 bits per heavy atom. The van der Waals surface area contributed by atoms with E-state index in [1.54, 1.807) is 13.0 Å². The Morgan fingerprint density at radius 3 is 2.96 bits per heavy atom. The summed E-state index contributed by atoms with van der Waals surface area (Å²) in [6.45, 7) is 2.82. The van der Waals surface area contributed by atoms with E-state index in [0.29, 0.717) is 5.56 Å². The Hall–Kier alpha value is -2.63. The third kappa shape index (κ3) is 3.41. The number of nitrogens with one attached hydrogen (secondary N) is 1. The Morgan fingerprint density at radius 2 is 2.35 bits per heavy atom. The van der Waals surface area contributed by atoms with Crippen molar-refractivity contribution in [2.45, 2.75) is 31.7 Å². The molecule has 8 heteroatoms. The summed E-state index contributed by atoms with van der Waals surface area (Å²) in [5, 5.41) is 0. The van der Waals surface area contributed by atoms with Crippen LogP contribution >= 0.6 is 0 Å². The van der Waals surface area contributed by atoms with Crippen LogP contribution in [0.15, 0.2) is 27.9 Å². The lowest BCUT2D eigenvalue weighted by Gasteiger charge is -2.24. The van der Waals surface area contributed by atoms with E-state index >= 15 is 0 Å². The molecule has 0 fully saturated rings. The summed E-state index contributed by atoms with van der Waals surface area (Å²) in [6.07, 6.45) is 9.11. The number of nitrogens with zero attached hydrogens (tertiary/aromatic N) is 1. The van der Waals surface area contributed by atoms with Gasteiger partial charge in [0, 0.05) is 11.8 Å². The first-order valence-corrected chi connectivity index (χ1v) is 6.87. The van der Waals surface area contributed by atoms with Crippen LogP contribution < -0.4 is 17.0 Å². The van der Waals surface area contributed by atoms with E-state index in [0.717, 1.165) is 0 Å². The zero-order chi connectivity index (χ0) is 17.2. The van der Waals surface area contributed by atoms with Crippen molar-refractivity contribution in [3.8, 4) is 12.3 Å². The first-order valence-electron chi connectivity index (χ1n) is 6.87. The summed E-state index contributed by atoms with van der Waals surface area (Å²) in [7, 11) is 0. The molecule has 8 nitrogen and oxygen atoms in total. The van der Waals surface area contributed by atoms with Crippen LogP contribution in [-0.2, 0) is 14.3 Å². The molecule has 122 valence electrons. The maximum absolute atomic E-state index is 11.9. The van der Waals surface area contributed by atoms with Gasteiger partial charge in [-0.25, -0.2) is 4.79 Å². The van der Waals surface area contributed by atoms with Crippen molar-refractivity contribution in [2.24, 2.45) is 5.73 Å². The van der Waals surface area contributed by atoms with E-state index in [1.165, 1.54) is 23.8 Å². The minimum Gasteiger partial charge on any atom is -0.460 e. The maximum Gasteiger partial charge on any atom is 0.330 e. The molecule has 0 saturated heterocycles. The van der Waals surface area contributed by atoms with E-state index in [9.17, 15) is 14.4 Å². The molecule has 0 unspecified atom stereocenters. The highest BCUT2D eigenvalue weighted by Gasteiger charge is 2.37. The van der Waals surface area contributed by atoms with Crippen LogP contribution in [0.5, 0.6) is 0 Å². The predicted molar refractivity (Wildman–Crippen MR) is 81.5 cm³/mol. The van der Waals surface area contributed by atoms with Gasteiger partial charge in [-0.1, -0.05) is 5.92 Å². The SMILES string of the molecule is C#C[C@@]1(COC(=O)[C@H](C)N)C=C[C@H](n2cc(C)c(=O)[nH]c2=O)O1. The van der Waals surface area contributed by atoms with Crippen molar-refractivity contribution in [1.29, 1.82) is 0 Å². The molecule has 0 aromatic carbocycles. The molecule has 0 radical (unpaired) electrons. The highest BCUT2D eigenvalue weighted by atomic mass is 16.6. The van der Waals surface area contributed by atoms with Gasteiger partial charge in [0.25, 0.3) is 5.56 Å². The van der Waals surface area contributed by atoms with E-state index in [-0.39, 0.29) is 6.61 Å². The summed E-state index contributed by atoms with van der Waals surface area (Å²) < 4.78 is 11.9. The summed E-state index contributed by atoms with van der Waals surface area (Å²) >= 11 is 0. The molecule has 23 heavy (non-hydrogen) atoms. The summed E-state index contributed by atoms with van der Waals surface area (Å²) in [6, 6.07) is -0.782. The van der Waals surface area contributed by atoms with Crippen molar-refractivity contribution in [1.82, 2.24) is 9.55 Å². The fraction of sp³-hybridized carbons (Fsp3) is 0.400. The smallest absolute Gasteiger partial charge is 0.330 e. The normalized spacial score (nSPS) is 24.2. The van der Waals surface area contributed by atoms with Gasteiger partial charge < -0.3 is 15.2 Å². The second kappa shape index (κ2) is 6.24. The van der Waals surface area contributed by atoms with Gasteiger partial charge in [-0.15, -0.1) is 6.42 Å². The van der Waals surface area contributed by atoms with Gasteiger partial charge in [0.1, 0.15) is 12.6 Å². The lowest BCUT2D eigenvalue weighted by Crippen LogP contribution is -2.39. The van der Waals surface area contributed by atoms with E-state index < -0.39 is 35.1 Å². The molecule has 1 aromatic rings. The molecule has 1 aliphatic rings. The van der Waals surface area contributed by atoms with Crippen molar-refractivity contribution in [2.75, 3.05) is 6.61 Å². The molecule has 2 rings (SSSR count). The van der Waals surface area contributed by atoms with Gasteiger partial charge in [-0.05, 0) is 26.0 Å². The average Bonchev–Trinajstić information content (AvgIpc) is 2.93. The van der Waals surface area contributed by atoms with E-state index in [4.69, 9.17) is 21.6 Å². The first-order chi connectivity index (χ1) is 10.8. The molecule has 0 bridgehead atoms. The number of H-pyrrole nitrogens is 1. The molecule has 2 heterocycles. The molecule has 0 amide bonds. The Balaban J connectivity index is 2.20. The minimum atomic E-state index is -1.29. The number of carbonyl (C=O) groups is 1. The van der Waals surface area contributed by atoms with Crippen LogP contribution in [0.25, 0.3) is 0 Å². The summed E-state index contributed by atoms with van der Waals surface area (Å²) in [5.41, 5.74) is 3.37. The lowest BCUT2D eigenvalue weighted by molar-refractivity contribution is -0.152. The zero-order valence-electron chi connectivity index (χ0n) is 12.7. The monoisotopic (exact) mass is 319 g/mol. The van der Waals surface area contributed by atoms with Crippen LogP contribution in [0, 0.1) is 19.3 Å². The van der Waals surface area contributed by atoms with E-state index in [2.05, 4.69) is 10.9 Å². The number of aromatic amines is 1. The molecule has 0 saturated carbocycles. The topological polar surface area (TPSA) is 116 Å². The first kappa shape index (κ1) is 16.7. The van der Waals surface area contributed by atoms with Gasteiger partial charge in [-0.2, -0.15) is 0 Å². The van der Waals surface area contributed by atoms with Crippen LogP contribution in [0.2, 0.25) is 0 Å². The third-order valence-corrected chi connectivity index (χ3v) is 3.33. The second-order valence-corrected chi connectivity index (χ2v) is 5.28. The predicted octanol–water partition coefficient (Wildman–Crippen LogP) is -0.808. The number of ether oxygens (including phenoxy) is 2. The van der Waals surface area contributed by atoms with Crippen molar-refractivity contribution in [3.05, 3.63) is 44.8 Å². The maximum atomic E-state index is 11.9. The molecular weight excluding hydrogens is 302 g/mol. The number of aromatic nitrogens is 2. The largest absolute Gasteiger partial charge is 0.460 e. The van der Waals surface area contributed by atoms with Gasteiger partial charge in [0.15, 0.2) is 11.8 Å². The van der Waals surface area contributed by atoms with Crippen LogP contribution in [-0.4, -0.2) is 33.8 Å². The molecular formula is C15H17N3O5. The summed E-state index contributed by atoms with van der Waals surface area (Å²) in [4.78, 5) is 36.9. The molecule has 3 atom stereocenters. The number of carbonyl (C=O) groups excluding carboxylic acids is 1. The standard InChI is InChI=1S/C15H17N3O5/c1-4-15(8-22-13(20)10(3)16)6-5-11(23-15)18-7-9(2)12(19)17-14(18)21/h1,5-7,10-11H,8,16H2,2-3H3,(H,17,19,21)/t10-,11+,15-/m0/s1. The number of rotatable bonds is 4. The van der Waals surface area contributed by atoms with Crippen molar-refractivity contribution < 1.29 is 14.3 Å². The van der Waals surface area contributed by atoms with E-state index in [1.807, 2.05) is 0 Å². The van der Waals surface area contributed by atoms with Crippen molar-refractivity contribution in [3.63, 3.8) is 0 Å². The zero-order valence-corrected chi connectivity index (χ0v) is 12.7. The van der Waals surface area contributed by atoms with Gasteiger partial charge in [0.2, 0.25) is 0 Å².